The summed E-state index contributed by atoms with van der Waals surface area (Å²) in [5.41, 5.74) is 2.14. The minimum Gasteiger partial charge on any atom is -0.486 e. The fourth-order valence-electron chi connectivity index (χ4n) is 2.89. The van der Waals surface area contributed by atoms with Crippen molar-refractivity contribution in [3.63, 3.8) is 0 Å². The van der Waals surface area contributed by atoms with Gasteiger partial charge < -0.3 is 20.1 Å². The van der Waals surface area contributed by atoms with Crippen LogP contribution in [-0.4, -0.2) is 36.7 Å². The molecule has 0 aliphatic carbocycles. The highest BCUT2D eigenvalue weighted by molar-refractivity contribution is 14.0. The Morgan fingerprint density at radius 2 is 1.77 bits per heavy atom. The van der Waals surface area contributed by atoms with Crippen LogP contribution in [0.4, 0.5) is 5.69 Å². The number of nitro benzene ring substituents is 1. The third-order valence-electron chi connectivity index (χ3n) is 4.31. The second-order valence-electron chi connectivity index (χ2n) is 7.04. The summed E-state index contributed by atoms with van der Waals surface area (Å²) in [5.74, 6) is 2.29. The number of halogens is 1. The lowest BCUT2D eigenvalue weighted by molar-refractivity contribution is -0.384. The van der Waals surface area contributed by atoms with E-state index in [0.717, 1.165) is 29.0 Å². The highest BCUT2D eigenvalue weighted by atomic mass is 127. The van der Waals surface area contributed by atoms with Crippen molar-refractivity contribution in [2.75, 3.05) is 19.8 Å². The average molecular weight is 526 g/mol. The summed E-state index contributed by atoms with van der Waals surface area (Å²) in [5, 5.41) is 17.4. The van der Waals surface area contributed by atoms with E-state index in [1.807, 2.05) is 32.0 Å². The summed E-state index contributed by atoms with van der Waals surface area (Å²) in [7, 11) is 0. The zero-order valence-corrected chi connectivity index (χ0v) is 19.4. The van der Waals surface area contributed by atoms with Gasteiger partial charge in [0.05, 0.1) is 11.5 Å². The van der Waals surface area contributed by atoms with Gasteiger partial charge in [-0.05, 0) is 43.5 Å². The zero-order valence-electron chi connectivity index (χ0n) is 17.1. The van der Waals surface area contributed by atoms with Crippen molar-refractivity contribution >= 4 is 35.6 Å². The highest BCUT2D eigenvalue weighted by Crippen LogP contribution is 2.30. The molecule has 0 saturated heterocycles. The molecule has 0 atom stereocenters. The van der Waals surface area contributed by atoms with E-state index in [1.54, 1.807) is 12.1 Å². The van der Waals surface area contributed by atoms with Gasteiger partial charge in [0.2, 0.25) is 0 Å². The number of nitro groups is 1. The van der Waals surface area contributed by atoms with Gasteiger partial charge >= 0.3 is 0 Å². The molecule has 0 amide bonds. The minimum atomic E-state index is -0.405. The van der Waals surface area contributed by atoms with Crippen molar-refractivity contribution < 1.29 is 14.4 Å². The van der Waals surface area contributed by atoms with Crippen molar-refractivity contribution in [1.82, 2.24) is 10.6 Å². The first-order chi connectivity index (χ1) is 14.0. The molecule has 0 saturated carbocycles. The molecule has 2 N–H and O–H groups in total. The summed E-state index contributed by atoms with van der Waals surface area (Å²) in [6.07, 6.45) is 0.812. The lowest BCUT2D eigenvalue weighted by Gasteiger charge is -2.19. The molecule has 0 bridgehead atoms. The Kier molecular flexibility index (Phi) is 9.15. The van der Waals surface area contributed by atoms with Crippen LogP contribution in [0.15, 0.2) is 47.5 Å². The molecule has 3 rings (SSSR count). The summed E-state index contributed by atoms with van der Waals surface area (Å²) in [6, 6.07) is 12.7. The number of nitrogens with zero attached hydrogens (tertiary/aromatic N) is 2. The Bertz CT molecular complexity index is 872. The van der Waals surface area contributed by atoms with Gasteiger partial charge in [-0.15, -0.1) is 24.0 Å². The zero-order chi connectivity index (χ0) is 20.6. The number of rotatable bonds is 7. The molecule has 1 heterocycles. The van der Waals surface area contributed by atoms with Crippen LogP contribution in [0.2, 0.25) is 0 Å². The number of benzene rings is 2. The minimum absolute atomic E-state index is 0. The van der Waals surface area contributed by atoms with E-state index in [1.165, 1.54) is 12.1 Å². The molecule has 1 aliphatic rings. The van der Waals surface area contributed by atoms with E-state index in [2.05, 4.69) is 15.6 Å². The molecule has 0 unspecified atom stereocenters. The molecule has 30 heavy (non-hydrogen) atoms. The number of non-ortho nitro benzene ring substituents is 1. The molecule has 8 nitrogen and oxygen atoms in total. The quantitative estimate of drug-likeness (QED) is 0.188. The molecular weight excluding hydrogens is 499 g/mol. The van der Waals surface area contributed by atoms with E-state index in [-0.39, 0.29) is 35.7 Å². The van der Waals surface area contributed by atoms with Crippen molar-refractivity contribution in [2.45, 2.75) is 32.9 Å². The van der Waals surface area contributed by atoms with Crippen LogP contribution < -0.4 is 20.1 Å². The average Bonchev–Trinajstić information content (AvgIpc) is 2.71. The maximum absolute atomic E-state index is 10.8. The van der Waals surface area contributed by atoms with Gasteiger partial charge in [0, 0.05) is 24.7 Å². The van der Waals surface area contributed by atoms with Crippen LogP contribution in [0, 0.1) is 10.1 Å². The molecule has 0 fully saturated rings. The second-order valence-corrected chi connectivity index (χ2v) is 7.04. The van der Waals surface area contributed by atoms with Crippen LogP contribution in [0.5, 0.6) is 11.5 Å². The third kappa shape index (κ3) is 7.05. The van der Waals surface area contributed by atoms with Crippen LogP contribution in [-0.2, 0) is 13.0 Å². The largest absolute Gasteiger partial charge is 0.486 e. The first-order valence-corrected chi connectivity index (χ1v) is 9.68. The first kappa shape index (κ1) is 23.7. The van der Waals surface area contributed by atoms with Gasteiger partial charge in [0.25, 0.3) is 5.69 Å². The molecule has 0 spiro atoms. The van der Waals surface area contributed by atoms with Gasteiger partial charge in [-0.1, -0.05) is 18.2 Å². The number of hydrogen-bond acceptors (Lipinski definition) is 5. The standard InChI is InChI=1S/C21H26N4O4.HI/c1-15(2)24-21(23-14-17-3-6-18(7-4-17)25(26)27)22-10-9-16-5-8-19-20(13-16)29-12-11-28-19;/h3-8,13,15H,9-12,14H2,1-2H3,(H2,22,23,24);1H. The third-order valence-corrected chi connectivity index (χ3v) is 4.31. The molecule has 2 aromatic carbocycles. The van der Waals surface area contributed by atoms with E-state index in [9.17, 15) is 10.1 Å². The smallest absolute Gasteiger partial charge is 0.269 e. The molecule has 0 radical (unpaired) electrons. The fourth-order valence-corrected chi connectivity index (χ4v) is 2.89. The highest BCUT2D eigenvalue weighted by Gasteiger charge is 2.11. The lowest BCUT2D eigenvalue weighted by atomic mass is 10.1. The van der Waals surface area contributed by atoms with Crippen LogP contribution in [0.1, 0.15) is 25.0 Å². The van der Waals surface area contributed by atoms with Crippen molar-refractivity contribution in [3.8, 4) is 11.5 Å². The van der Waals surface area contributed by atoms with Crippen LogP contribution >= 0.6 is 24.0 Å². The number of ether oxygens (including phenoxy) is 2. The molecule has 1 aliphatic heterocycles. The molecule has 162 valence electrons. The van der Waals surface area contributed by atoms with Gasteiger partial charge in [-0.3, -0.25) is 10.1 Å². The Hall–Kier alpha value is -2.56. The lowest BCUT2D eigenvalue weighted by Crippen LogP contribution is -2.41. The van der Waals surface area contributed by atoms with Gasteiger partial charge in [0.1, 0.15) is 13.2 Å². The molecule has 9 heteroatoms. The van der Waals surface area contributed by atoms with Crippen LogP contribution in [0.3, 0.4) is 0 Å². The summed E-state index contributed by atoms with van der Waals surface area (Å²) < 4.78 is 11.2. The van der Waals surface area contributed by atoms with E-state index < -0.39 is 4.92 Å². The molecule has 2 aromatic rings. The summed E-state index contributed by atoms with van der Waals surface area (Å²) in [4.78, 5) is 14.9. The fraction of sp³-hybridized carbons (Fsp3) is 0.381. The van der Waals surface area contributed by atoms with Crippen molar-refractivity contribution in [3.05, 3.63) is 63.7 Å². The Balaban J connectivity index is 0.00000320. The number of guanidine groups is 1. The van der Waals surface area contributed by atoms with E-state index >= 15 is 0 Å². The SMILES string of the molecule is CC(C)NC(=NCc1ccc([N+](=O)[O-])cc1)NCCc1ccc2c(c1)OCCO2.I. The Labute approximate surface area is 193 Å². The number of hydrogen-bond donors (Lipinski definition) is 2. The predicted octanol–water partition coefficient (Wildman–Crippen LogP) is 3.67. The Morgan fingerprint density at radius 3 is 2.43 bits per heavy atom. The molecular formula is C21H27IN4O4. The number of nitrogens with one attached hydrogen (secondary N) is 2. The van der Waals surface area contributed by atoms with Crippen molar-refractivity contribution in [2.24, 2.45) is 4.99 Å². The van der Waals surface area contributed by atoms with E-state index in [4.69, 9.17) is 9.47 Å². The predicted molar refractivity (Wildman–Crippen MR) is 127 cm³/mol. The van der Waals surface area contributed by atoms with Gasteiger partial charge in [0.15, 0.2) is 17.5 Å². The number of aliphatic imine (C=N–C) groups is 1. The molecule has 0 aromatic heterocycles. The topological polar surface area (TPSA) is 98.0 Å². The van der Waals surface area contributed by atoms with E-state index in [0.29, 0.717) is 32.3 Å². The monoisotopic (exact) mass is 526 g/mol. The normalized spacial score (nSPS) is 12.8. The van der Waals surface area contributed by atoms with Crippen LogP contribution in [0.25, 0.3) is 0 Å². The summed E-state index contributed by atoms with van der Waals surface area (Å²) in [6.45, 7) is 6.39. The first-order valence-electron chi connectivity index (χ1n) is 9.68. The summed E-state index contributed by atoms with van der Waals surface area (Å²) >= 11 is 0. The van der Waals surface area contributed by atoms with Gasteiger partial charge in [-0.25, -0.2) is 4.99 Å². The maximum Gasteiger partial charge on any atom is 0.269 e. The second kappa shape index (κ2) is 11.6. The number of fused-ring (bicyclic) bond motifs is 1. The Morgan fingerprint density at radius 1 is 1.10 bits per heavy atom. The maximum atomic E-state index is 10.8. The van der Waals surface area contributed by atoms with Gasteiger partial charge in [-0.2, -0.15) is 0 Å². The van der Waals surface area contributed by atoms with Crippen molar-refractivity contribution in [1.29, 1.82) is 0 Å².